The fraction of sp³-hybridized carbons (Fsp3) is 0.500. The number of nitrogens with zero attached hydrogens (tertiary/aromatic N) is 1. The molecule has 2 rings (SSSR count). The van der Waals surface area contributed by atoms with Crippen molar-refractivity contribution in [3.05, 3.63) is 28.2 Å². The van der Waals surface area contributed by atoms with Gasteiger partial charge in [-0.1, -0.05) is 23.2 Å². The van der Waals surface area contributed by atoms with Gasteiger partial charge in [-0.25, -0.2) is 0 Å². The molecule has 0 bridgehead atoms. The van der Waals surface area contributed by atoms with E-state index < -0.39 is 0 Å². The summed E-state index contributed by atoms with van der Waals surface area (Å²) in [6.07, 6.45) is 2.16. The molecule has 1 heterocycles. The zero-order valence-corrected chi connectivity index (χ0v) is 14.2. The lowest BCUT2D eigenvalue weighted by atomic mass is 10.1. The third-order valence-electron chi connectivity index (χ3n) is 3.53. The summed E-state index contributed by atoms with van der Waals surface area (Å²) in [4.78, 5) is 14.1. The van der Waals surface area contributed by atoms with Gasteiger partial charge in [0.1, 0.15) is 0 Å². The number of carbonyl (C=O) groups excluding carboxylic acids is 1. The van der Waals surface area contributed by atoms with Crippen molar-refractivity contribution in [1.29, 1.82) is 0 Å². The third-order valence-corrected chi connectivity index (χ3v) is 4.27. The fourth-order valence-electron chi connectivity index (χ4n) is 2.38. The first-order chi connectivity index (χ1) is 9.56. The minimum Gasteiger partial charge on any atom is -0.325 e. The number of amides is 1. The molecule has 21 heavy (non-hydrogen) atoms. The molecule has 0 atom stereocenters. The largest absolute Gasteiger partial charge is 0.325 e. The number of rotatable bonds is 4. The molecule has 0 spiro atoms. The van der Waals surface area contributed by atoms with Gasteiger partial charge in [0.15, 0.2) is 0 Å². The Labute approximate surface area is 141 Å². The summed E-state index contributed by atoms with van der Waals surface area (Å²) in [5.74, 6) is -0.0376. The van der Waals surface area contributed by atoms with Crippen molar-refractivity contribution in [2.75, 3.05) is 32.0 Å². The van der Waals surface area contributed by atoms with E-state index in [2.05, 4.69) is 15.5 Å². The number of likely N-dealkylation sites (N-methyl/N-ethyl adjacent to an activating group) is 1. The van der Waals surface area contributed by atoms with Crippen molar-refractivity contribution in [1.82, 2.24) is 10.2 Å². The average molecular weight is 353 g/mol. The van der Waals surface area contributed by atoms with Gasteiger partial charge in [-0.3, -0.25) is 9.69 Å². The molecule has 118 valence electrons. The van der Waals surface area contributed by atoms with Crippen molar-refractivity contribution in [2.45, 2.75) is 18.9 Å². The van der Waals surface area contributed by atoms with Crippen molar-refractivity contribution in [3.63, 3.8) is 0 Å². The minimum atomic E-state index is -0.0376. The zero-order valence-electron chi connectivity index (χ0n) is 11.9. The second kappa shape index (κ2) is 8.81. The smallest absolute Gasteiger partial charge is 0.238 e. The van der Waals surface area contributed by atoms with Crippen LogP contribution in [0, 0.1) is 0 Å². The number of benzene rings is 1. The summed E-state index contributed by atoms with van der Waals surface area (Å²) in [6.45, 7) is 2.41. The summed E-state index contributed by atoms with van der Waals surface area (Å²) in [5.41, 5.74) is 0.670. The van der Waals surface area contributed by atoms with E-state index in [1.165, 1.54) is 0 Å². The molecule has 1 aromatic carbocycles. The van der Waals surface area contributed by atoms with Crippen molar-refractivity contribution in [3.8, 4) is 0 Å². The maximum absolute atomic E-state index is 12.0. The molecule has 0 aromatic heterocycles. The lowest BCUT2D eigenvalue weighted by Crippen LogP contribution is -2.44. The van der Waals surface area contributed by atoms with E-state index in [0.29, 0.717) is 28.3 Å². The standard InChI is InChI=1S/C14H19Cl2N3O.ClH/c1-19(11-4-6-17-7-5-11)9-14(20)18-10-2-3-12(15)13(16)8-10;/h2-3,8,11,17H,4-7,9H2,1H3,(H,18,20);1H. The molecule has 7 heteroatoms. The summed E-state index contributed by atoms with van der Waals surface area (Å²) >= 11 is 11.8. The number of hydrogen-bond donors (Lipinski definition) is 2. The number of halogens is 3. The average Bonchev–Trinajstić information content (AvgIpc) is 2.44. The number of nitrogens with one attached hydrogen (secondary N) is 2. The summed E-state index contributed by atoms with van der Waals surface area (Å²) in [6, 6.07) is 5.55. The van der Waals surface area contributed by atoms with E-state index in [1.54, 1.807) is 18.2 Å². The Kier molecular flexibility index (Phi) is 7.77. The molecule has 1 fully saturated rings. The van der Waals surface area contributed by atoms with Crippen LogP contribution in [0.5, 0.6) is 0 Å². The first-order valence-corrected chi connectivity index (χ1v) is 7.47. The van der Waals surface area contributed by atoms with Gasteiger partial charge in [0.2, 0.25) is 5.91 Å². The highest BCUT2D eigenvalue weighted by atomic mass is 35.5. The van der Waals surface area contributed by atoms with Crippen molar-refractivity contribution >= 4 is 47.2 Å². The molecule has 4 nitrogen and oxygen atoms in total. The van der Waals surface area contributed by atoms with E-state index in [-0.39, 0.29) is 18.3 Å². The number of anilines is 1. The summed E-state index contributed by atoms with van der Waals surface area (Å²) < 4.78 is 0. The highest BCUT2D eigenvalue weighted by Crippen LogP contribution is 2.25. The van der Waals surface area contributed by atoms with Crippen LogP contribution < -0.4 is 10.6 Å². The van der Waals surface area contributed by atoms with Crippen LogP contribution in [-0.4, -0.2) is 43.5 Å². The van der Waals surface area contributed by atoms with Crippen LogP contribution in [0.15, 0.2) is 18.2 Å². The highest BCUT2D eigenvalue weighted by Gasteiger charge is 2.19. The van der Waals surface area contributed by atoms with Gasteiger partial charge < -0.3 is 10.6 Å². The minimum absolute atomic E-state index is 0. The Hall–Kier alpha value is -0.520. The molecular weight excluding hydrogens is 333 g/mol. The quantitative estimate of drug-likeness (QED) is 0.875. The monoisotopic (exact) mass is 351 g/mol. The summed E-state index contributed by atoms with van der Waals surface area (Å²) in [7, 11) is 1.99. The van der Waals surface area contributed by atoms with Gasteiger partial charge >= 0.3 is 0 Å². The van der Waals surface area contributed by atoms with E-state index in [0.717, 1.165) is 25.9 Å². The van der Waals surface area contributed by atoms with E-state index in [1.807, 2.05) is 7.05 Å². The molecule has 1 amide bonds. The zero-order chi connectivity index (χ0) is 14.5. The third kappa shape index (κ3) is 5.64. The lowest BCUT2D eigenvalue weighted by Gasteiger charge is -2.31. The van der Waals surface area contributed by atoms with Gasteiger partial charge in [0.05, 0.1) is 16.6 Å². The molecule has 2 N–H and O–H groups in total. The van der Waals surface area contributed by atoms with Crippen LogP contribution in [0.2, 0.25) is 10.0 Å². The van der Waals surface area contributed by atoms with Gasteiger partial charge in [-0.2, -0.15) is 0 Å². The summed E-state index contributed by atoms with van der Waals surface area (Å²) in [5, 5.41) is 7.08. The fourth-order valence-corrected chi connectivity index (χ4v) is 2.68. The Morgan fingerprint density at radius 3 is 2.62 bits per heavy atom. The van der Waals surface area contributed by atoms with Gasteiger partial charge in [-0.15, -0.1) is 12.4 Å². The SMILES string of the molecule is CN(CC(=O)Nc1ccc(Cl)c(Cl)c1)C1CCNCC1.Cl. The number of piperidine rings is 1. The first kappa shape index (κ1) is 18.5. The Morgan fingerprint density at radius 2 is 2.00 bits per heavy atom. The molecule has 0 radical (unpaired) electrons. The molecule has 1 aliphatic heterocycles. The van der Waals surface area contributed by atoms with Crippen LogP contribution in [-0.2, 0) is 4.79 Å². The Morgan fingerprint density at radius 1 is 1.33 bits per heavy atom. The van der Waals surface area contributed by atoms with Gasteiger partial charge in [0, 0.05) is 11.7 Å². The predicted octanol–water partition coefficient (Wildman–Crippen LogP) is 3.04. The lowest BCUT2D eigenvalue weighted by molar-refractivity contribution is -0.117. The number of carbonyl (C=O) groups is 1. The van der Waals surface area contributed by atoms with E-state index >= 15 is 0 Å². The second-order valence-electron chi connectivity index (χ2n) is 5.07. The Balaban J connectivity index is 0.00000220. The van der Waals surface area contributed by atoms with Crippen LogP contribution in [0.4, 0.5) is 5.69 Å². The normalized spacial score (nSPS) is 15.6. The van der Waals surface area contributed by atoms with Crippen molar-refractivity contribution < 1.29 is 4.79 Å². The Bertz CT molecular complexity index is 479. The van der Waals surface area contributed by atoms with Crippen LogP contribution >= 0.6 is 35.6 Å². The first-order valence-electron chi connectivity index (χ1n) is 6.72. The second-order valence-corrected chi connectivity index (χ2v) is 5.89. The predicted molar refractivity (Wildman–Crippen MR) is 90.9 cm³/mol. The molecule has 0 unspecified atom stereocenters. The number of hydrogen-bond acceptors (Lipinski definition) is 3. The van der Waals surface area contributed by atoms with Gasteiger partial charge in [0.25, 0.3) is 0 Å². The highest BCUT2D eigenvalue weighted by molar-refractivity contribution is 6.42. The van der Waals surface area contributed by atoms with E-state index in [4.69, 9.17) is 23.2 Å². The van der Waals surface area contributed by atoms with Crippen LogP contribution in [0.1, 0.15) is 12.8 Å². The molecule has 0 saturated carbocycles. The molecule has 1 saturated heterocycles. The maximum Gasteiger partial charge on any atom is 0.238 e. The van der Waals surface area contributed by atoms with Crippen LogP contribution in [0.25, 0.3) is 0 Å². The van der Waals surface area contributed by atoms with E-state index in [9.17, 15) is 4.79 Å². The molecular formula is C14H20Cl3N3O. The van der Waals surface area contributed by atoms with Crippen LogP contribution in [0.3, 0.4) is 0 Å². The van der Waals surface area contributed by atoms with Gasteiger partial charge in [-0.05, 0) is 51.2 Å². The topological polar surface area (TPSA) is 44.4 Å². The maximum atomic E-state index is 12.0. The van der Waals surface area contributed by atoms with Crippen molar-refractivity contribution in [2.24, 2.45) is 0 Å². The molecule has 1 aliphatic rings. The molecule has 0 aliphatic carbocycles. The molecule has 1 aromatic rings.